The third-order valence-corrected chi connectivity index (χ3v) is 6.24. The van der Waals surface area contributed by atoms with E-state index in [0.717, 1.165) is 11.8 Å². The lowest BCUT2D eigenvalue weighted by molar-refractivity contribution is -0.0643. The van der Waals surface area contributed by atoms with Crippen LogP contribution < -0.4 is 0 Å². The largest absolute Gasteiger partial charge is 0.375 e. The minimum absolute atomic E-state index is 0.535. The molecule has 128 valence electrons. The molecule has 0 atom stereocenters. The average molecular weight is 309 g/mol. The minimum Gasteiger partial charge on any atom is -0.375 e. The van der Waals surface area contributed by atoms with Crippen LogP contribution in [0.1, 0.15) is 58.3 Å². The van der Waals surface area contributed by atoms with E-state index in [0.29, 0.717) is 12.2 Å². The standard InChI is InChI=1S/C19H36N2O/c1-16-3-5-17(6-4-16)15-21-13-9-19(10-14-21)22-18-7-11-20(2)12-8-18/h16-19H,3-15H2,1-2H3. The summed E-state index contributed by atoms with van der Waals surface area (Å²) in [5, 5.41) is 0. The second kappa shape index (κ2) is 8.12. The molecule has 0 spiro atoms. The van der Waals surface area contributed by atoms with Crippen molar-refractivity contribution >= 4 is 0 Å². The molecule has 2 heterocycles. The summed E-state index contributed by atoms with van der Waals surface area (Å²) in [4.78, 5) is 5.14. The van der Waals surface area contributed by atoms with Gasteiger partial charge in [-0.25, -0.2) is 0 Å². The Kier molecular flexibility index (Phi) is 6.17. The van der Waals surface area contributed by atoms with E-state index >= 15 is 0 Å². The van der Waals surface area contributed by atoms with Gasteiger partial charge in [-0.1, -0.05) is 19.8 Å². The number of likely N-dealkylation sites (tertiary alicyclic amines) is 2. The first-order valence-corrected chi connectivity index (χ1v) is 9.75. The van der Waals surface area contributed by atoms with Gasteiger partial charge in [0.15, 0.2) is 0 Å². The van der Waals surface area contributed by atoms with Crippen molar-refractivity contribution in [3.05, 3.63) is 0 Å². The molecular weight excluding hydrogens is 272 g/mol. The highest BCUT2D eigenvalue weighted by atomic mass is 16.5. The van der Waals surface area contributed by atoms with Gasteiger partial charge >= 0.3 is 0 Å². The van der Waals surface area contributed by atoms with Gasteiger partial charge in [0.2, 0.25) is 0 Å². The quantitative estimate of drug-likeness (QED) is 0.792. The fourth-order valence-corrected chi connectivity index (χ4v) is 4.50. The third kappa shape index (κ3) is 4.94. The normalized spacial score (nSPS) is 34.1. The molecule has 2 aliphatic heterocycles. The van der Waals surface area contributed by atoms with Crippen LogP contribution in [0.2, 0.25) is 0 Å². The Hall–Kier alpha value is -0.120. The summed E-state index contributed by atoms with van der Waals surface area (Å²) in [5.41, 5.74) is 0. The number of nitrogens with zero attached hydrogens (tertiary/aromatic N) is 2. The summed E-state index contributed by atoms with van der Waals surface area (Å²) in [7, 11) is 2.22. The van der Waals surface area contributed by atoms with Crippen molar-refractivity contribution in [2.75, 3.05) is 39.8 Å². The molecule has 0 aromatic carbocycles. The lowest BCUT2D eigenvalue weighted by atomic mass is 9.82. The van der Waals surface area contributed by atoms with E-state index in [9.17, 15) is 0 Å². The summed E-state index contributed by atoms with van der Waals surface area (Å²) in [5.74, 6) is 1.95. The molecule has 0 radical (unpaired) electrons. The van der Waals surface area contributed by atoms with Crippen molar-refractivity contribution in [1.29, 1.82) is 0 Å². The van der Waals surface area contributed by atoms with Crippen molar-refractivity contribution in [1.82, 2.24) is 9.80 Å². The van der Waals surface area contributed by atoms with Crippen LogP contribution in [-0.4, -0.2) is 61.8 Å². The fraction of sp³-hybridized carbons (Fsp3) is 1.00. The van der Waals surface area contributed by atoms with Crippen molar-refractivity contribution in [3.63, 3.8) is 0 Å². The minimum atomic E-state index is 0.535. The van der Waals surface area contributed by atoms with Gasteiger partial charge in [-0.2, -0.15) is 0 Å². The highest BCUT2D eigenvalue weighted by molar-refractivity contribution is 4.79. The summed E-state index contributed by atoms with van der Waals surface area (Å²) in [6, 6.07) is 0. The van der Waals surface area contributed by atoms with E-state index in [1.54, 1.807) is 0 Å². The molecule has 0 aromatic heterocycles. The number of hydrogen-bond donors (Lipinski definition) is 0. The van der Waals surface area contributed by atoms with Crippen LogP contribution >= 0.6 is 0 Å². The third-order valence-electron chi connectivity index (χ3n) is 6.24. The maximum atomic E-state index is 6.38. The zero-order valence-electron chi connectivity index (χ0n) is 14.8. The first kappa shape index (κ1) is 16.7. The van der Waals surface area contributed by atoms with Crippen LogP contribution in [-0.2, 0) is 4.74 Å². The second-order valence-corrected chi connectivity index (χ2v) is 8.26. The van der Waals surface area contributed by atoms with E-state index in [1.807, 2.05) is 0 Å². The topological polar surface area (TPSA) is 15.7 Å². The molecular formula is C19H36N2O. The molecule has 3 aliphatic rings. The van der Waals surface area contributed by atoms with Crippen LogP contribution in [0.5, 0.6) is 0 Å². The Bertz CT molecular complexity index is 279. The van der Waals surface area contributed by atoms with Crippen molar-refractivity contribution < 1.29 is 4.74 Å². The molecule has 0 aromatic rings. The summed E-state index contributed by atoms with van der Waals surface area (Å²) in [6.45, 7) is 8.73. The SMILES string of the molecule is CC1CCC(CN2CCC(OC3CCN(C)CC3)CC2)CC1. The molecule has 3 rings (SSSR count). The highest BCUT2D eigenvalue weighted by Crippen LogP contribution is 2.30. The van der Waals surface area contributed by atoms with Gasteiger partial charge in [0.25, 0.3) is 0 Å². The van der Waals surface area contributed by atoms with Crippen LogP contribution in [0.3, 0.4) is 0 Å². The van der Waals surface area contributed by atoms with Gasteiger partial charge < -0.3 is 14.5 Å². The molecule has 2 saturated heterocycles. The molecule has 3 heteroatoms. The van der Waals surface area contributed by atoms with E-state index in [1.165, 1.54) is 84.1 Å². The van der Waals surface area contributed by atoms with E-state index < -0.39 is 0 Å². The molecule has 3 nitrogen and oxygen atoms in total. The first-order chi connectivity index (χ1) is 10.7. The average Bonchev–Trinajstić information content (AvgIpc) is 2.54. The van der Waals surface area contributed by atoms with Crippen molar-refractivity contribution in [2.45, 2.75) is 70.5 Å². The molecule has 1 aliphatic carbocycles. The first-order valence-electron chi connectivity index (χ1n) is 9.75. The monoisotopic (exact) mass is 308 g/mol. The molecule has 1 saturated carbocycles. The molecule has 0 unspecified atom stereocenters. The summed E-state index contributed by atoms with van der Waals surface area (Å²) < 4.78 is 6.38. The van der Waals surface area contributed by atoms with Gasteiger partial charge in [-0.15, -0.1) is 0 Å². The molecule has 0 amide bonds. The maximum absolute atomic E-state index is 6.38. The van der Waals surface area contributed by atoms with Crippen molar-refractivity contribution in [2.24, 2.45) is 11.8 Å². The van der Waals surface area contributed by atoms with Crippen LogP contribution in [0, 0.1) is 11.8 Å². The van der Waals surface area contributed by atoms with Crippen LogP contribution in [0.4, 0.5) is 0 Å². The zero-order chi connectivity index (χ0) is 15.4. The van der Waals surface area contributed by atoms with Crippen LogP contribution in [0.15, 0.2) is 0 Å². The van der Waals surface area contributed by atoms with Crippen LogP contribution in [0.25, 0.3) is 0 Å². The number of piperidine rings is 2. The Morgan fingerprint density at radius 2 is 1.32 bits per heavy atom. The molecule has 3 fully saturated rings. The summed E-state index contributed by atoms with van der Waals surface area (Å²) in [6.07, 6.45) is 11.9. The number of hydrogen-bond acceptors (Lipinski definition) is 3. The Morgan fingerprint density at radius 3 is 1.91 bits per heavy atom. The summed E-state index contributed by atoms with van der Waals surface area (Å²) >= 11 is 0. The van der Waals surface area contributed by atoms with Gasteiger partial charge in [0.05, 0.1) is 12.2 Å². The second-order valence-electron chi connectivity index (χ2n) is 8.26. The molecule has 0 bridgehead atoms. The Morgan fingerprint density at radius 1 is 0.773 bits per heavy atom. The fourth-order valence-electron chi connectivity index (χ4n) is 4.50. The lowest BCUT2D eigenvalue weighted by Crippen LogP contribution is -2.42. The lowest BCUT2D eigenvalue weighted by Gasteiger charge is -2.38. The predicted octanol–water partition coefficient (Wildman–Crippen LogP) is 3.39. The van der Waals surface area contributed by atoms with Crippen molar-refractivity contribution in [3.8, 4) is 0 Å². The zero-order valence-corrected chi connectivity index (χ0v) is 14.8. The molecule has 0 N–H and O–H groups in total. The van der Waals surface area contributed by atoms with E-state index in [4.69, 9.17) is 4.74 Å². The smallest absolute Gasteiger partial charge is 0.0603 e. The predicted molar refractivity (Wildman–Crippen MR) is 92.2 cm³/mol. The van der Waals surface area contributed by atoms with Gasteiger partial charge in [-0.3, -0.25) is 0 Å². The Labute approximate surface area is 137 Å². The highest BCUT2D eigenvalue weighted by Gasteiger charge is 2.27. The number of ether oxygens (including phenoxy) is 1. The van der Waals surface area contributed by atoms with Gasteiger partial charge in [0, 0.05) is 32.7 Å². The van der Waals surface area contributed by atoms with Gasteiger partial charge in [0.1, 0.15) is 0 Å². The molecule has 22 heavy (non-hydrogen) atoms. The van der Waals surface area contributed by atoms with Gasteiger partial charge in [-0.05, 0) is 57.4 Å². The Balaban J connectivity index is 1.32. The maximum Gasteiger partial charge on any atom is 0.0603 e. The number of rotatable bonds is 4. The van der Waals surface area contributed by atoms with E-state index in [-0.39, 0.29) is 0 Å². The van der Waals surface area contributed by atoms with E-state index in [2.05, 4.69) is 23.8 Å².